The minimum Gasteiger partial charge on any atom is -0.481 e. The number of rotatable bonds is 26. The lowest BCUT2D eigenvalue weighted by atomic mass is 9.86. The standard InChI is InChI=1S/C40H63NO7S2/c1-7-8-9-15-20-32(2)24-25-33(3)21-16-13-11-10-12-14-17-22-35(44)47-31-39(4,5)37(38(46)41-29-26-34(42)43)48-36(45)23-18-19-27-40(6)28-30-49-50-40/h8-10,12-13,16,20,25,37H,7,11,14-15,17-19,21-24,26-31H2,1-6H3,(H,41,46)(H,42,43). The largest absolute Gasteiger partial charge is 0.481 e. The van der Waals surface area contributed by atoms with E-state index in [0.29, 0.717) is 12.8 Å². The Morgan fingerprint density at radius 3 is 2.28 bits per heavy atom. The molecule has 1 aliphatic heterocycles. The number of carboxylic acids is 1. The van der Waals surface area contributed by atoms with Crippen molar-refractivity contribution >= 4 is 45.4 Å². The molecular weight excluding hydrogens is 671 g/mol. The van der Waals surface area contributed by atoms with Crippen LogP contribution in [0.4, 0.5) is 0 Å². The minimum atomic E-state index is -1.23. The van der Waals surface area contributed by atoms with Crippen molar-refractivity contribution in [3.63, 3.8) is 0 Å². The number of aliphatic carboxylic acids is 1. The zero-order valence-electron chi connectivity index (χ0n) is 31.4. The van der Waals surface area contributed by atoms with Crippen LogP contribution in [-0.2, 0) is 28.7 Å². The molecule has 8 nitrogen and oxygen atoms in total. The number of ether oxygens (including phenoxy) is 2. The number of unbranched alkanes of at least 4 members (excludes halogenated alkanes) is 2. The van der Waals surface area contributed by atoms with Crippen molar-refractivity contribution in [2.45, 2.75) is 142 Å². The highest BCUT2D eigenvalue weighted by Gasteiger charge is 2.40. The summed E-state index contributed by atoms with van der Waals surface area (Å²) >= 11 is 0. The van der Waals surface area contributed by atoms with E-state index in [-0.39, 0.29) is 43.1 Å². The quantitative estimate of drug-likeness (QED) is 0.0388. The van der Waals surface area contributed by atoms with Gasteiger partial charge in [-0.3, -0.25) is 19.2 Å². The number of hydrogen-bond acceptors (Lipinski definition) is 8. The second-order valence-corrected chi connectivity index (χ2v) is 17.0. The maximum absolute atomic E-state index is 13.0. The van der Waals surface area contributed by atoms with Gasteiger partial charge in [0.05, 0.1) is 6.42 Å². The Morgan fingerprint density at radius 2 is 1.58 bits per heavy atom. The van der Waals surface area contributed by atoms with Gasteiger partial charge in [-0.05, 0) is 85.0 Å². The van der Waals surface area contributed by atoms with Crippen LogP contribution >= 0.6 is 21.6 Å². The fraction of sp³-hybridized carbons (Fsp3) is 0.650. The van der Waals surface area contributed by atoms with E-state index in [2.05, 4.69) is 81.6 Å². The molecule has 2 atom stereocenters. The molecule has 1 fully saturated rings. The Balaban J connectivity index is 2.46. The van der Waals surface area contributed by atoms with Crippen LogP contribution in [0, 0.1) is 5.41 Å². The zero-order chi connectivity index (χ0) is 37.3. The Hall–Kier alpha value is -2.72. The molecule has 0 aromatic carbocycles. The van der Waals surface area contributed by atoms with Gasteiger partial charge in [-0.1, -0.05) is 109 Å². The summed E-state index contributed by atoms with van der Waals surface area (Å²) in [6.07, 6.45) is 26.3. The highest BCUT2D eigenvalue weighted by molar-refractivity contribution is 8.77. The molecule has 1 amide bonds. The summed E-state index contributed by atoms with van der Waals surface area (Å²) in [4.78, 5) is 49.3. The first-order valence-electron chi connectivity index (χ1n) is 18.2. The molecule has 2 unspecified atom stereocenters. The van der Waals surface area contributed by atoms with Gasteiger partial charge in [0.15, 0.2) is 6.10 Å². The number of carbonyl (C=O) groups is 4. The molecule has 0 bridgehead atoms. The Morgan fingerprint density at radius 1 is 0.880 bits per heavy atom. The SMILES string of the molecule is CCC=CCC=C(C)CC=C(C)CC=CCC=CCCCC(=O)OCC(C)(C)C(OC(=O)CCCCC1(C)CCSS1)C(=O)NCCC(=O)O. The van der Waals surface area contributed by atoms with Gasteiger partial charge in [-0.15, -0.1) is 0 Å². The number of amides is 1. The van der Waals surface area contributed by atoms with E-state index >= 15 is 0 Å². The maximum Gasteiger partial charge on any atom is 0.306 e. The topological polar surface area (TPSA) is 119 Å². The summed E-state index contributed by atoms with van der Waals surface area (Å²) in [6.45, 7) is 11.9. The van der Waals surface area contributed by atoms with Gasteiger partial charge in [0, 0.05) is 35.3 Å². The van der Waals surface area contributed by atoms with Crippen LogP contribution in [0.25, 0.3) is 0 Å². The Kier molecular flexibility index (Phi) is 23.7. The Bertz CT molecular complexity index is 1200. The van der Waals surface area contributed by atoms with Gasteiger partial charge in [0.2, 0.25) is 0 Å². The fourth-order valence-electron chi connectivity index (χ4n) is 5.03. The van der Waals surface area contributed by atoms with Crippen molar-refractivity contribution in [1.82, 2.24) is 5.32 Å². The van der Waals surface area contributed by atoms with Crippen molar-refractivity contribution in [2.75, 3.05) is 18.9 Å². The van der Waals surface area contributed by atoms with Gasteiger partial charge in [-0.2, -0.15) is 0 Å². The summed E-state index contributed by atoms with van der Waals surface area (Å²) in [5.41, 5.74) is 1.71. The molecule has 0 saturated carbocycles. The summed E-state index contributed by atoms with van der Waals surface area (Å²) in [5, 5.41) is 11.5. The number of esters is 2. The van der Waals surface area contributed by atoms with Crippen molar-refractivity contribution in [1.29, 1.82) is 0 Å². The second-order valence-electron chi connectivity index (χ2n) is 14.0. The molecule has 282 valence electrons. The predicted octanol–water partition coefficient (Wildman–Crippen LogP) is 9.86. The Labute approximate surface area is 309 Å². The highest BCUT2D eigenvalue weighted by atomic mass is 33.1. The predicted molar refractivity (Wildman–Crippen MR) is 209 cm³/mol. The number of carbonyl (C=O) groups excluding carboxylic acids is 3. The number of hydrogen-bond donors (Lipinski definition) is 2. The lowest BCUT2D eigenvalue weighted by molar-refractivity contribution is -0.169. The van der Waals surface area contributed by atoms with Crippen LogP contribution in [0.3, 0.4) is 0 Å². The van der Waals surface area contributed by atoms with E-state index < -0.39 is 29.4 Å². The summed E-state index contributed by atoms with van der Waals surface area (Å²) in [7, 11) is 3.80. The second kappa shape index (κ2) is 26.1. The molecule has 1 heterocycles. The third kappa shape index (κ3) is 22.2. The molecule has 10 heteroatoms. The normalized spacial score (nSPS) is 17.9. The first kappa shape index (κ1) is 45.3. The van der Waals surface area contributed by atoms with Gasteiger partial charge >= 0.3 is 17.9 Å². The molecule has 0 aromatic rings. The van der Waals surface area contributed by atoms with Crippen LogP contribution < -0.4 is 5.32 Å². The molecule has 0 radical (unpaired) electrons. The third-order valence-electron chi connectivity index (χ3n) is 8.33. The monoisotopic (exact) mass is 733 g/mol. The molecule has 2 N–H and O–H groups in total. The molecule has 1 rings (SSSR count). The van der Waals surface area contributed by atoms with Gasteiger partial charge in [-0.25, -0.2) is 0 Å². The highest BCUT2D eigenvalue weighted by Crippen LogP contribution is 2.49. The maximum atomic E-state index is 13.0. The smallest absolute Gasteiger partial charge is 0.306 e. The van der Waals surface area contributed by atoms with Crippen molar-refractivity contribution in [3.8, 4) is 0 Å². The van der Waals surface area contributed by atoms with Crippen molar-refractivity contribution in [2.24, 2.45) is 5.41 Å². The van der Waals surface area contributed by atoms with Gasteiger partial charge in [0.25, 0.3) is 5.91 Å². The molecule has 1 saturated heterocycles. The lowest BCUT2D eigenvalue weighted by Crippen LogP contribution is -2.49. The fourth-order valence-corrected chi connectivity index (χ4v) is 8.33. The minimum absolute atomic E-state index is 0.0957. The molecular formula is C40H63NO7S2. The third-order valence-corrected chi connectivity index (χ3v) is 11.7. The van der Waals surface area contributed by atoms with Crippen LogP contribution in [0.1, 0.15) is 131 Å². The van der Waals surface area contributed by atoms with Crippen LogP contribution in [0.2, 0.25) is 0 Å². The average Bonchev–Trinajstić information content (AvgIpc) is 3.50. The summed E-state index contributed by atoms with van der Waals surface area (Å²) < 4.78 is 11.4. The summed E-state index contributed by atoms with van der Waals surface area (Å²) in [6, 6.07) is 0. The number of nitrogens with one attached hydrogen (secondary N) is 1. The first-order valence-corrected chi connectivity index (χ1v) is 20.5. The molecule has 0 aliphatic carbocycles. The number of allylic oxidation sites excluding steroid dienone is 10. The van der Waals surface area contributed by atoms with Crippen molar-refractivity contribution in [3.05, 3.63) is 59.8 Å². The van der Waals surface area contributed by atoms with Gasteiger partial charge in [0.1, 0.15) is 6.61 Å². The van der Waals surface area contributed by atoms with E-state index in [1.165, 1.54) is 11.1 Å². The van der Waals surface area contributed by atoms with E-state index in [1.807, 2.05) is 21.6 Å². The molecule has 0 aromatic heterocycles. The first-order chi connectivity index (χ1) is 23.8. The average molecular weight is 734 g/mol. The molecule has 1 aliphatic rings. The molecule has 0 spiro atoms. The summed E-state index contributed by atoms with van der Waals surface area (Å²) in [5.74, 6) is -1.39. The molecule has 50 heavy (non-hydrogen) atoms. The zero-order valence-corrected chi connectivity index (χ0v) is 33.1. The van der Waals surface area contributed by atoms with E-state index in [4.69, 9.17) is 14.6 Å². The van der Waals surface area contributed by atoms with Crippen LogP contribution in [-0.4, -0.2) is 58.7 Å². The van der Waals surface area contributed by atoms with E-state index in [0.717, 1.165) is 63.5 Å². The number of carboxylic acid groups (broad SMARTS) is 1. The van der Waals surface area contributed by atoms with E-state index in [1.54, 1.807) is 13.8 Å². The van der Waals surface area contributed by atoms with Crippen LogP contribution in [0.15, 0.2) is 59.8 Å². The van der Waals surface area contributed by atoms with Crippen molar-refractivity contribution < 1.29 is 33.8 Å². The lowest BCUT2D eigenvalue weighted by Gasteiger charge is -2.32. The van der Waals surface area contributed by atoms with Crippen LogP contribution in [0.5, 0.6) is 0 Å². The van der Waals surface area contributed by atoms with E-state index in [9.17, 15) is 19.2 Å². The van der Waals surface area contributed by atoms with Gasteiger partial charge < -0.3 is 19.9 Å².